The van der Waals surface area contributed by atoms with E-state index in [1.165, 1.54) is 51.1 Å². The molecule has 124 valence electrons. The number of rotatable bonds is 4. The lowest BCUT2D eigenvalue weighted by atomic mass is 10.1. The molecule has 3 rings (SSSR count). The molecule has 0 amide bonds. The number of allylic oxidation sites excluding steroid dienone is 1. The fraction of sp³-hybridized carbons (Fsp3) is 0.778. The van der Waals surface area contributed by atoms with Crippen LogP contribution in [0.25, 0.3) is 0 Å². The van der Waals surface area contributed by atoms with Gasteiger partial charge in [0.15, 0.2) is 0 Å². The van der Waals surface area contributed by atoms with Crippen LogP contribution >= 0.6 is 0 Å². The average molecular weight is 304 g/mol. The van der Waals surface area contributed by atoms with E-state index in [0.717, 1.165) is 26.2 Å². The molecule has 2 saturated heterocycles. The molecule has 1 N–H and O–H groups in total. The molecule has 4 nitrogen and oxygen atoms in total. The Morgan fingerprint density at radius 1 is 1.00 bits per heavy atom. The summed E-state index contributed by atoms with van der Waals surface area (Å²) in [5, 5.41) is 3.49. The summed E-state index contributed by atoms with van der Waals surface area (Å²) >= 11 is 0. The summed E-state index contributed by atoms with van der Waals surface area (Å²) in [5.41, 5.74) is 2.94. The maximum absolute atomic E-state index is 3.49. The Labute approximate surface area is 135 Å². The lowest BCUT2D eigenvalue weighted by molar-refractivity contribution is 0.132. The first kappa shape index (κ1) is 15.9. The first-order chi connectivity index (χ1) is 10.7. The monoisotopic (exact) mass is 304 g/mol. The Balaban J connectivity index is 1.54. The molecule has 0 aromatic rings. The smallest absolute Gasteiger partial charge is 0.0527 e. The van der Waals surface area contributed by atoms with Crippen LogP contribution < -0.4 is 5.32 Å². The van der Waals surface area contributed by atoms with Gasteiger partial charge in [0.05, 0.1) is 5.70 Å². The van der Waals surface area contributed by atoms with Gasteiger partial charge in [0.2, 0.25) is 0 Å². The van der Waals surface area contributed by atoms with E-state index in [-0.39, 0.29) is 0 Å². The Bertz CT molecular complexity index is 413. The fourth-order valence-electron chi connectivity index (χ4n) is 3.77. The second kappa shape index (κ2) is 7.51. The molecule has 3 heterocycles. The van der Waals surface area contributed by atoms with Crippen molar-refractivity contribution in [3.05, 3.63) is 23.5 Å². The number of dihydropyridines is 1. The molecule has 0 aliphatic carbocycles. The zero-order valence-electron chi connectivity index (χ0n) is 14.4. The Morgan fingerprint density at radius 3 is 2.41 bits per heavy atom. The van der Waals surface area contributed by atoms with E-state index >= 15 is 0 Å². The van der Waals surface area contributed by atoms with Gasteiger partial charge in [-0.15, -0.1) is 0 Å². The van der Waals surface area contributed by atoms with Crippen molar-refractivity contribution < 1.29 is 0 Å². The van der Waals surface area contributed by atoms with Gasteiger partial charge in [0.25, 0.3) is 0 Å². The average Bonchev–Trinajstić information content (AvgIpc) is 2.56. The van der Waals surface area contributed by atoms with Crippen molar-refractivity contribution in [3.8, 4) is 0 Å². The molecule has 0 saturated carbocycles. The predicted octanol–water partition coefficient (Wildman–Crippen LogP) is 1.87. The van der Waals surface area contributed by atoms with Crippen molar-refractivity contribution in [3.63, 3.8) is 0 Å². The van der Waals surface area contributed by atoms with Crippen LogP contribution in [0, 0.1) is 0 Å². The highest BCUT2D eigenvalue weighted by atomic mass is 15.3. The SMILES string of the molecule is CC(C)N1CCN(C2=CNCC(CN3CCCCC3)=C2)CC1. The Hall–Kier alpha value is -1.00. The van der Waals surface area contributed by atoms with Crippen LogP contribution in [0.15, 0.2) is 23.5 Å². The minimum atomic E-state index is 0.672. The highest BCUT2D eigenvalue weighted by Crippen LogP contribution is 2.18. The number of hydrogen-bond acceptors (Lipinski definition) is 4. The third-order valence-corrected chi connectivity index (χ3v) is 5.22. The zero-order chi connectivity index (χ0) is 15.4. The van der Waals surface area contributed by atoms with Gasteiger partial charge in [0, 0.05) is 51.5 Å². The number of nitrogens with zero attached hydrogens (tertiary/aromatic N) is 3. The van der Waals surface area contributed by atoms with Crippen molar-refractivity contribution in [1.82, 2.24) is 20.0 Å². The van der Waals surface area contributed by atoms with Gasteiger partial charge in [-0.1, -0.05) is 6.42 Å². The van der Waals surface area contributed by atoms with Crippen molar-refractivity contribution >= 4 is 0 Å². The van der Waals surface area contributed by atoms with Gasteiger partial charge < -0.3 is 10.2 Å². The Kier molecular flexibility index (Phi) is 5.42. The second-order valence-electron chi connectivity index (χ2n) is 7.21. The van der Waals surface area contributed by atoms with E-state index in [9.17, 15) is 0 Å². The van der Waals surface area contributed by atoms with Gasteiger partial charge in [0.1, 0.15) is 0 Å². The lowest BCUT2D eigenvalue weighted by Gasteiger charge is -2.39. The van der Waals surface area contributed by atoms with E-state index in [1.807, 2.05) is 0 Å². The molecule has 22 heavy (non-hydrogen) atoms. The summed E-state index contributed by atoms with van der Waals surface area (Å²) in [6, 6.07) is 0.672. The maximum atomic E-state index is 3.49. The molecular weight excluding hydrogens is 272 g/mol. The molecule has 0 spiro atoms. The molecule has 0 atom stereocenters. The van der Waals surface area contributed by atoms with Crippen LogP contribution in [0.5, 0.6) is 0 Å². The zero-order valence-corrected chi connectivity index (χ0v) is 14.4. The van der Waals surface area contributed by atoms with Crippen LogP contribution in [-0.2, 0) is 0 Å². The predicted molar refractivity (Wildman–Crippen MR) is 92.7 cm³/mol. The Morgan fingerprint density at radius 2 is 1.73 bits per heavy atom. The van der Waals surface area contributed by atoms with Crippen molar-refractivity contribution in [2.75, 3.05) is 52.4 Å². The van der Waals surface area contributed by atoms with Crippen LogP contribution in [0.1, 0.15) is 33.1 Å². The van der Waals surface area contributed by atoms with Crippen LogP contribution in [0.2, 0.25) is 0 Å². The highest BCUT2D eigenvalue weighted by Gasteiger charge is 2.21. The fourth-order valence-corrected chi connectivity index (χ4v) is 3.77. The molecule has 0 aromatic heterocycles. The van der Waals surface area contributed by atoms with E-state index < -0.39 is 0 Å². The number of nitrogens with one attached hydrogen (secondary N) is 1. The quantitative estimate of drug-likeness (QED) is 0.856. The molecule has 4 heteroatoms. The van der Waals surface area contributed by atoms with Crippen molar-refractivity contribution in [2.24, 2.45) is 0 Å². The van der Waals surface area contributed by atoms with Gasteiger partial charge in [-0.3, -0.25) is 9.80 Å². The van der Waals surface area contributed by atoms with Crippen molar-refractivity contribution in [1.29, 1.82) is 0 Å². The third-order valence-electron chi connectivity index (χ3n) is 5.22. The van der Waals surface area contributed by atoms with E-state index in [1.54, 1.807) is 5.57 Å². The second-order valence-corrected chi connectivity index (χ2v) is 7.21. The summed E-state index contributed by atoms with van der Waals surface area (Å²) in [7, 11) is 0. The van der Waals surface area contributed by atoms with E-state index in [2.05, 4.69) is 46.1 Å². The molecule has 2 fully saturated rings. The highest BCUT2D eigenvalue weighted by molar-refractivity contribution is 5.28. The van der Waals surface area contributed by atoms with Gasteiger partial charge in [-0.25, -0.2) is 0 Å². The lowest BCUT2D eigenvalue weighted by Crippen LogP contribution is -2.48. The number of hydrogen-bond donors (Lipinski definition) is 1. The van der Waals surface area contributed by atoms with Crippen molar-refractivity contribution in [2.45, 2.75) is 39.2 Å². The van der Waals surface area contributed by atoms with E-state index in [0.29, 0.717) is 6.04 Å². The first-order valence-electron chi connectivity index (χ1n) is 9.07. The summed E-state index contributed by atoms with van der Waals surface area (Å²) in [6.07, 6.45) is 8.82. The summed E-state index contributed by atoms with van der Waals surface area (Å²) in [4.78, 5) is 7.74. The normalized spacial score (nSPS) is 25.0. The number of likely N-dealkylation sites (tertiary alicyclic amines) is 1. The van der Waals surface area contributed by atoms with Gasteiger partial charge in [-0.2, -0.15) is 0 Å². The maximum Gasteiger partial charge on any atom is 0.0527 e. The van der Waals surface area contributed by atoms with Gasteiger partial charge in [-0.05, 0) is 51.4 Å². The van der Waals surface area contributed by atoms with Gasteiger partial charge >= 0.3 is 0 Å². The topological polar surface area (TPSA) is 21.8 Å². The molecule has 0 aromatic carbocycles. The molecule has 3 aliphatic rings. The summed E-state index contributed by atoms with van der Waals surface area (Å²) < 4.78 is 0. The minimum Gasteiger partial charge on any atom is -0.385 e. The molecule has 0 bridgehead atoms. The van der Waals surface area contributed by atoms with Crippen LogP contribution in [-0.4, -0.2) is 73.1 Å². The largest absolute Gasteiger partial charge is 0.385 e. The summed E-state index contributed by atoms with van der Waals surface area (Å²) in [5.74, 6) is 0. The molecule has 0 radical (unpaired) electrons. The third kappa shape index (κ3) is 4.05. The van der Waals surface area contributed by atoms with E-state index in [4.69, 9.17) is 0 Å². The van der Waals surface area contributed by atoms with Crippen LogP contribution in [0.4, 0.5) is 0 Å². The minimum absolute atomic E-state index is 0.672. The standard InChI is InChI=1S/C18H32N4/c1-16(2)21-8-10-22(11-9-21)18-12-17(13-19-14-18)15-20-6-4-3-5-7-20/h12,14,16,19H,3-11,13,15H2,1-2H3. The number of piperazine rings is 1. The molecule has 0 unspecified atom stereocenters. The first-order valence-corrected chi connectivity index (χ1v) is 9.07. The number of piperidine rings is 1. The summed E-state index contributed by atoms with van der Waals surface area (Å²) in [6.45, 7) is 14.0. The molecular formula is C18H32N4. The van der Waals surface area contributed by atoms with Crippen LogP contribution in [0.3, 0.4) is 0 Å². The molecule has 3 aliphatic heterocycles.